The number of nitrogens with one attached hydrogen (secondary N) is 1. The molecule has 7 nitrogen and oxygen atoms in total. The molecule has 0 spiro atoms. The second kappa shape index (κ2) is 11.3. The first-order valence-electron chi connectivity index (χ1n) is 11.8. The summed E-state index contributed by atoms with van der Waals surface area (Å²) < 4.78 is 25.6. The Balaban J connectivity index is 1.40. The summed E-state index contributed by atoms with van der Waals surface area (Å²) >= 11 is 6.14. The smallest absolute Gasteiger partial charge is 0.255 e. The van der Waals surface area contributed by atoms with Crippen LogP contribution in [0.4, 0.5) is 5.69 Å². The summed E-state index contributed by atoms with van der Waals surface area (Å²) in [4.78, 5) is 28.2. The molecule has 1 saturated heterocycles. The van der Waals surface area contributed by atoms with E-state index in [0.717, 1.165) is 5.56 Å². The predicted molar refractivity (Wildman–Crippen MR) is 142 cm³/mol. The third-order valence-electron chi connectivity index (χ3n) is 6.22. The van der Waals surface area contributed by atoms with E-state index in [4.69, 9.17) is 11.6 Å². The van der Waals surface area contributed by atoms with Gasteiger partial charge in [-0.05, 0) is 42.8 Å². The molecule has 1 amide bonds. The SMILES string of the molecule is CCS(=O)(=O)N1CCN(Cc2ccc(C(=O)Nc3ccc(Cl)cc3C(=O)c3ccccc3)cc2)CC1. The van der Waals surface area contributed by atoms with Crippen LogP contribution in [-0.2, 0) is 16.6 Å². The summed E-state index contributed by atoms with van der Waals surface area (Å²) in [5.41, 5.74) is 2.72. The van der Waals surface area contributed by atoms with Crippen molar-refractivity contribution in [2.24, 2.45) is 0 Å². The van der Waals surface area contributed by atoms with E-state index in [9.17, 15) is 18.0 Å². The molecule has 1 aliphatic rings. The van der Waals surface area contributed by atoms with Crippen molar-refractivity contribution in [3.05, 3.63) is 100 Å². The van der Waals surface area contributed by atoms with Crippen LogP contribution in [-0.4, -0.2) is 61.2 Å². The van der Waals surface area contributed by atoms with Crippen LogP contribution < -0.4 is 5.32 Å². The van der Waals surface area contributed by atoms with E-state index >= 15 is 0 Å². The summed E-state index contributed by atoms with van der Waals surface area (Å²) in [7, 11) is -3.15. The van der Waals surface area contributed by atoms with Gasteiger partial charge in [0.05, 0.1) is 11.4 Å². The van der Waals surface area contributed by atoms with Crippen LogP contribution in [0.1, 0.15) is 38.8 Å². The number of benzene rings is 3. The van der Waals surface area contributed by atoms with Crippen molar-refractivity contribution in [2.45, 2.75) is 13.5 Å². The number of hydrogen-bond acceptors (Lipinski definition) is 5. The van der Waals surface area contributed by atoms with Crippen molar-refractivity contribution < 1.29 is 18.0 Å². The summed E-state index contributed by atoms with van der Waals surface area (Å²) in [6.07, 6.45) is 0. The summed E-state index contributed by atoms with van der Waals surface area (Å²) in [6.45, 7) is 4.64. The lowest BCUT2D eigenvalue weighted by atomic mass is 10.0. The number of carbonyl (C=O) groups excluding carboxylic acids is 2. The zero-order valence-corrected chi connectivity index (χ0v) is 21.6. The van der Waals surface area contributed by atoms with E-state index in [1.807, 2.05) is 18.2 Å². The van der Waals surface area contributed by atoms with Gasteiger partial charge in [-0.25, -0.2) is 8.42 Å². The fourth-order valence-electron chi connectivity index (χ4n) is 4.12. The summed E-state index contributed by atoms with van der Waals surface area (Å²) in [5, 5.41) is 3.25. The molecule has 1 heterocycles. The van der Waals surface area contributed by atoms with Crippen LogP contribution in [0, 0.1) is 0 Å². The van der Waals surface area contributed by atoms with Crippen LogP contribution in [0.3, 0.4) is 0 Å². The van der Waals surface area contributed by atoms with Gasteiger partial charge in [0.25, 0.3) is 5.91 Å². The molecule has 0 aromatic heterocycles. The minimum atomic E-state index is -3.15. The van der Waals surface area contributed by atoms with Gasteiger partial charge in [-0.15, -0.1) is 0 Å². The van der Waals surface area contributed by atoms with E-state index in [-0.39, 0.29) is 17.4 Å². The van der Waals surface area contributed by atoms with Crippen LogP contribution in [0.25, 0.3) is 0 Å². The lowest BCUT2D eigenvalue weighted by Gasteiger charge is -2.33. The molecular weight excluding hydrogens is 498 g/mol. The molecule has 0 aliphatic carbocycles. The van der Waals surface area contributed by atoms with Gasteiger partial charge in [-0.2, -0.15) is 4.31 Å². The normalized spacial score (nSPS) is 14.9. The second-order valence-corrected chi connectivity index (χ2v) is 11.3. The molecule has 0 radical (unpaired) electrons. The first kappa shape index (κ1) is 26.0. The molecule has 1 N–H and O–H groups in total. The molecule has 3 aromatic rings. The molecule has 3 aromatic carbocycles. The van der Waals surface area contributed by atoms with Crippen molar-refractivity contribution in [3.63, 3.8) is 0 Å². The average molecular weight is 526 g/mol. The Labute approximate surface area is 216 Å². The monoisotopic (exact) mass is 525 g/mol. The van der Waals surface area contributed by atoms with Gasteiger partial charge in [-0.1, -0.05) is 54.1 Å². The van der Waals surface area contributed by atoms with Crippen molar-refractivity contribution in [1.29, 1.82) is 0 Å². The quantitative estimate of drug-likeness (QED) is 0.443. The highest BCUT2D eigenvalue weighted by atomic mass is 35.5. The highest BCUT2D eigenvalue weighted by Crippen LogP contribution is 2.24. The predicted octanol–water partition coefficient (Wildman–Crippen LogP) is 4.29. The van der Waals surface area contributed by atoms with Crippen molar-refractivity contribution in [1.82, 2.24) is 9.21 Å². The van der Waals surface area contributed by atoms with Gasteiger partial charge in [0.15, 0.2) is 5.78 Å². The van der Waals surface area contributed by atoms with Crippen molar-refractivity contribution in [2.75, 3.05) is 37.2 Å². The lowest BCUT2D eigenvalue weighted by Crippen LogP contribution is -2.48. The number of sulfonamides is 1. The summed E-state index contributed by atoms with van der Waals surface area (Å²) in [5.74, 6) is -0.436. The van der Waals surface area contributed by atoms with Crippen LogP contribution in [0.2, 0.25) is 5.02 Å². The Morgan fingerprint density at radius 3 is 2.19 bits per heavy atom. The van der Waals surface area contributed by atoms with Gasteiger partial charge < -0.3 is 5.32 Å². The number of halogens is 1. The van der Waals surface area contributed by atoms with Crippen molar-refractivity contribution >= 4 is 39.0 Å². The van der Waals surface area contributed by atoms with E-state index in [1.54, 1.807) is 65.8 Å². The standard InChI is InChI=1S/C27H28ClN3O4S/c1-2-36(34,35)31-16-14-30(15-17-31)19-20-8-10-22(11-9-20)27(33)29-25-13-12-23(28)18-24(25)26(32)21-6-4-3-5-7-21/h3-13,18H,2,14-17,19H2,1H3,(H,29,33). The first-order chi connectivity index (χ1) is 17.3. The highest BCUT2D eigenvalue weighted by molar-refractivity contribution is 7.89. The molecule has 36 heavy (non-hydrogen) atoms. The number of rotatable bonds is 8. The average Bonchev–Trinajstić information content (AvgIpc) is 2.90. The fraction of sp³-hybridized carbons (Fsp3) is 0.259. The van der Waals surface area contributed by atoms with Crippen LogP contribution in [0.15, 0.2) is 72.8 Å². The van der Waals surface area contributed by atoms with Gasteiger partial charge in [0.1, 0.15) is 0 Å². The minimum absolute atomic E-state index is 0.119. The largest absolute Gasteiger partial charge is 0.321 e. The number of hydrogen-bond donors (Lipinski definition) is 1. The molecule has 1 fully saturated rings. The molecule has 1 aliphatic heterocycles. The highest BCUT2D eigenvalue weighted by Gasteiger charge is 2.25. The molecule has 188 valence electrons. The van der Waals surface area contributed by atoms with Crippen LogP contribution >= 0.6 is 11.6 Å². The lowest BCUT2D eigenvalue weighted by molar-refractivity contribution is 0.102. The van der Waals surface area contributed by atoms with Crippen LogP contribution in [0.5, 0.6) is 0 Å². The molecule has 0 bridgehead atoms. The van der Waals surface area contributed by atoms with Gasteiger partial charge >= 0.3 is 0 Å². The Morgan fingerprint density at radius 1 is 0.889 bits per heavy atom. The number of amides is 1. The third kappa shape index (κ3) is 6.20. The maximum Gasteiger partial charge on any atom is 0.255 e. The van der Waals surface area contributed by atoms with Gasteiger partial charge in [0.2, 0.25) is 10.0 Å². The zero-order chi connectivity index (χ0) is 25.7. The van der Waals surface area contributed by atoms with E-state index in [1.165, 1.54) is 0 Å². The minimum Gasteiger partial charge on any atom is -0.321 e. The van der Waals surface area contributed by atoms with Crippen molar-refractivity contribution in [3.8, 4) is 0 Å². The molecule has 0 saturated carbocycles. The Bertz CT molecular complexity index is 1340. The Kier molecular flexibility index (Phi) is 8.21. The first-order valence-corrected chi connectivity index (χ1v) is 13.8. The zero-order valence-electron chi connectivity index (χ0n) is 20.0. The number of piperazine rings is 1. The van der Waals surface area contributed by atoms with Gasteiger partial charge in [-0.3, -0.25) is 14.5 Å². The molecule has 0 unspecified atom stereocenters. The fourth-order valence-corrected chi connectivity index (χ4v) is 5.38. The van der Waals surface area contributed by atoms with E-state index < -0.39 is 10.0 Å². The maximum absolute atomic E-state index is 13.0. The second-order valence-electron chi connectivity index (χ2n) is 8.61. The number of nitrogens with zero attached hydrogens (tertiary/aromatic N) is 2. The number of carbonyl (C=O) groups is 2. The van der Waals surface area contributed by atoms with E-state index in [2.05, 4.69) is 10.2 Å². The molecule has 0 atom stereocenters. The molecule has 4 rings (SSSR count). The Hall–Kier alpha value is -3.04. The maximum atomic E-state index is 13.0. The van der Waals surface area contributed by atoms with E-state index in [0.29, 0.717) is 60.1 Å². The summed E-state index contributed by atoms with van der Waals surface area (Å²) in [6, 6.07) is 20.9. The third-order valence-corrected chi connectivity index (χ3v) is 8.34. The Morgan fingerprint density at radius 2 is 1.56 bits per heavy atom. The number of anilines is 1. The number of ketones is 1. The van der Waals surface area contributed by atoms with Gasteiger partial charge in [0, 0.05) is 54.4 Å². The molecule has 9 heteroatoms. The topological polar surface area (TPSA) is 86.8 Å². The molecular formula is C27H28ClN3O4S.